The maximum atomic E-state index is 14.5. The highest BCUT2D eigenvalue weighted by Gasteiger charge is 2.76. The van der Waals surface area contributed by atoms with Gasteiger partial charge in [0.15, 0.2) is 9.75 Å². The van der Waals surface area contributed by atoms with Crippen LogP contribution in [0.3, 0.4) is 0 Å². The monoisotopic (exact) mass is 749 g/mol. The molecule has 8 rings (SSSR count). The van der Waals surface area contributed by atoms with E-state index in [1.54, 1.807) is 12.1 Å². The lowest BCUT2D eigenvalue weighted by Crippen LogP contribution is -2.60. The second-order valence-corrected chi connectivity index (χ2v) is 15.5. The zero-order chi connectivity index (χ0) is 33.5. The molecule has 248 valence electrons. The predicted molar refractivity (Wildman–Crippen MR) is 186 cm³/mol. The Kier molecular flexibility index (Phi) is 7.79. The van der Waals surface area contributed by atoms with E-state index in [1.807, 2.05) is 48.5 Å². The van der Waals surface area contributed by atoms with Crippen molar-refractivity contribution < 1.29 is 24.3 Å². The number of imide groups is 2. The van der Waals surface area contributed by atoms with E-state index < -0.39 is 45.2 Å². The van der Waals surface area contributed by atoms with E-state index in [2.05, 4.69) is 33.0 Å². The lowest BCUT2D eigenvalue weighted by atomic mass is 9.56. The van der Waals surface area contributed by atoms with Crippen LogP contribution in [0.4, 0.5) is 0 Å². The summed E-state index contributed by atoms with van der Waals surface area (Å²) in [6.45, 7) is 2.34. The highest BCUT2D eigenvalue weighted by molar-refractivity contribution is 9.09. The number of alkyl halides is 3. The first kappa shape index (κ1) is 32.0. The number of halogens is 3. The number of rotatable bonds is 5. The number of phenolic OH excluding ortho intramolecular Hbond substituents is 1. The van der Waals surface area contributed by atoms with Gasteiger partial charge in [-0.25, -0.2) is 0 Å². The van der Waals surface area contributed by atoms with Gasteiger partial charge in [0.05, 0.1) is 17.3 Å². The number of allylic oxidation sites excluding steroid dienone is 2. The Bertz CT molecular complexity index is 1900. The average Bonchev–Trinajstić information content (AvgIpc) is 3.43. The summed E-state index contributed by atoms with van der Waals surface area (Å²) in [6.07, 6.45) is 3.49. The maximum Gasteiger partial charge on any atom is 0.254 e. The topological polar surface area (TPSA) is 98.2 Å². The molecule has 4 fully saturated rings. The smallest absolute Gasteiger partial charge is 0.254 e. The van der Waals surface area contributed by atoms with Gasteiger partial charge in [-0.15, -0.1) is 23.2 Å². The number of piperidine rings is 1. The fourth-order valence-electron chi connectivity index (χ4n) is 9.22. The van der Waals surface area contributed by atoms with Gasteiger partial charge in [0.1, 0.15) is 5.75 Å². The number of hydrogen-bond donors (Lipinski definition) is 1. The van der Waals surface area contributed by atoms with E-state index >= 15 is 0 Å². The first-order valence-corrected chi connectivity index (χ1v) is 18.3. The van der Waals surface area contributed by atoms with Gasteiger partial charge in [0, 0.05) is 37.2 Å². The molecule has 3 saturated heterocycles. The van der Waals surface area contributed by atoms with Crippen molar-refractivity contribution in [2.75, 3.05) is 18.5 Å². The highest BCUT2D eigenvalue weighted by atomic mass is 79.9. The summed E-state index contributed by atoms with van der Waals surface area (Å²) < 4.78 is 0. The predicted octanol–water partition coefficient (Wildman–Crippen LogP) is 5.92. The molecule has 0 bridgehead atoms. The average molecular weight is 752 g/mol. The van der Waals surface area contributed by atoms with Crippen LogP contribution in [0, 0.1) is 17.8 Å². The normalized spacial score (nSPS) is 32.4. The molecular formula is C37H34BrCl2N3O5. The Morgan fingerprint density at radius 2 is 1.56 bits per heavy atom. The van der Waals surface area contributed by atoms with Gasteiger partial charge in [-0.05, 0) is 54.0 Å². The van der Waals surface area contributed by atoms with Crippen molar-refractivity contribution in [2.24, 2.45) is 17.8 Å². The van der Waals surface area contributed by atoms with Gasteiger partial charge >= 0.3 is 0 Å². The van der Waals surface area contributed by atoms with Crippen LogP contribution in [0.15, 0.2) is 78.4 Å². The van der Waals surface area contributed by atoms with Gasteiger partial charge < -0.3 is 5.11 Å². The SMILES string of the molecule is O=C1[C@H]2[C@H](CC=C3[C@H]2C[C@@]2(Cl)C(=O)N(CBr)C(=O)[C@@]2(Cl)[C@H]3c2c(O)ccc3ccccc23)C(=O)N1C1CCN(Cc2ccccc2)CC1. The van der Waals surface area contributed by atoms with Gasteiger partial charge in [0.25, 0.3) is 11.8 Å². The maximum absolute atomic E-state index is 14.5. The minimum absolute atomic E-state index is 0.0798. The van der Waals surface area contributed by atoms with Crippen molar-refractivity contribution >= 4 is 73.5 Å². The van der Waals surface area contributed by atoms with E-state index in [-0.39, 0.29) is 35.5 Å². The summed E-state index contributed by atoms with van der Waals surface area (Å²) in [6, 6.07) is 20.8. The lowest BCUT2D eigenvalue weighted by Gasteiger charge is -2.51. The van der Waals surface area contributed by atoms with Crippen LogP contribution >= 0.6 is 39.1 Å². The number of likely N-dealkylation sites (tertiary alicyclic amines) is 3. The molecule has 0 radical (unpaired) electrons. The second kappa shape index (κ2) is 11.7. The fourth-order valence-corrected chi connectivity index (χ4v) is 10.6. The summed E-state index contributed by atoms with van der Waals surface area (Å²) in [5.41, 5.74) is 2.18. The molecule has 6 atom stereocenters. The van der Waals surface area contributed by atoms with Crippen LogP contribution in [0.1, 0.15) is 42.7 Å². The third-order valence-electron chi connectivity index (χ3n) is 11.5. The van der Waals surface area contributed by atoms with Crippen molar-refractivity contribution in [1.29, 1.82) is 0 Å². The van der Waals surface area contributed by atoms with Crippen molar-refractivity contribution in [3.8, 4) is 5.75 Å². The molecule has 3 heterocycles. The minimum atomic E-state index is -1.98. The van der Waals surface area contributed by atoms with Crippen molar-refractivity contribution in [1.82, 2.24) is 14.7 Å². The van der Waals surface area contributed by atoms with Crippen LogP contribution in [-0.4, -0.2) is 77.8 Å². The molecule has 3 aromatic rings. The molecule has 0 spiro atoms. The third kappa shape index (κ3) is 4.43. The molecule has 8 nitrogen and oxygen atoms in total. The zero-order valence-corrected chi connectivity index (χ0v) is 29.1. The highest BCUT2D eigenvalue weighted by Crippen LogP contribution is 2.66. The molecule has 5 aliphatic rings. The minimum Gasteiger partial charge on any atom is -0.508 e. The summed E-state index contributed by atoms with van der Waals surface area (Å²) in [7, 11) is 0. The van der Waals surface area contributed by atoms with E-state index in [0.29, 0.717) is 35.8 Å². The number of aromatic hydroxyl groups is 1. The molecule has 11 heteroatoms. The Balaban J connectivity index is 1.17. The first-order valence-electron chi connectivity index (χ1n) is 16.4. The number of amides is 4. The number of carbonyl (C=O) groups is 4. The van der Waals surface area contributed by atoms with Crippen molar-refractivity contribution in [3.63, 3.8) is 0 Å². The van der Waals surface area contributed by atoms with Crippen LogP contribution in [0.2, 0.25) is 0 Å². The summed E-state index contributed by atoms with van der Waals surface area (Å²) in [5.74, 6) is -4.84. The van der Waals surface area contributed by atoms with Gasteiger partial charge in [-0.3, -0.25) is 33.9 Å². The zero-order valence-electron chi connectivity index (χ0n) is 26.0. The number of nitrogens with zero attached hydrogens (tertiary/aromatic N) is 3. The van der Waals surface area contributed by atoms with E-state index in [9.17, 15) is 24.3 Å². The molecule has 4 amide bonds. The first-order chi connectivity index (χ1) is 23.1. The van der Waals surface area contributed by atoms with Crippen molar-refractivity contribution in [2.45, 2.75) is 53.9 Å². The van der Waals surface area contributed by atoms with Crippen LogP contribution < -0.4 is 0 Å². The second-order valence-electron chi connectivity index (χ2n) is 13.7. The van der Waals surface area contributed by atoms with Gasteiger partial charge in [-0.1, -0.05) is 88.2 Å². The van der Waals surface area contributed by atoms with Gasteiger partial charge in [0.2, 0.25) is 11.8 Å². The van der Waals surface area contributed by atoms with Crippen LogP contribution in [-0.2, 0) is 25.7 Å². The number of fused-ring (bicyclic) bond motifs is 5. The molecule has 1 N–H and O–H groups in total. The molecular weight excluding hydrogens is 717 g/mol. The molecule has 0 unspecified atom stereocenters. The largest absolute Gasteiger partial charge is 0.508 e. The summed E-state index contributed by atoms with van der Waals surface area (Å²) in [4.78, 5) is 57.8. The number of benzene rings is 3. The Hall–Kier alpha value is -3.24. The summed E-state index contributed by atoms with van der Waals surface area (Å²) in [5, 5.41) is 13.0. The molecule has 0 aromatic heterocycles. The molecule has 3 aliphatic heterocycles. The van der Waals surface area contributed by atoms with E-state index in [1.165, 1.54) is 10.5 Å². The Labute approximate surface area is 296 Å². The van der Waals surface area contributed by atoms with Crippen LogP contribution in [0.25, 0.3) is 10.8 Å². The Morgan fingerprint density at radius 1 is 0.854 bits per heavy atom. The quantitative estimate of drug-likeness (QED) is 0.151. The van der Waals surface area contributed by atoms with E-state index in [4.69, 9.17) is 23.2 Å². The van der Waals surface area contributed by atoms with E-state index in [0.717, 1.165) is 29.9 Å². The fraction of sp³-hybridized carbons (Fsp3) is 0.405. The van der Waals surface area contributed by atoms with Crippen LogP contribution in [0.5, 0.6) is 5.75 Å². The molecule has 48 heavy (non-hydrogen) atoms. The van der Waals surface area contributed by atoms with Gasteiger partial charge in [-0.2, -0.15) is 0 Å². The summed E-state index contributed by atoms with van der Waals surface area (Å²) >= 11 is 18.1. The molecule has 3 aromatic carbocycles. The number of phenols is 1. The van der Waals surface area contributed by atoms with Crippen molar-refractivity contribution in [3.05, 3.63) is 89.5 Å². The third-order valence-corrected chi connectivity index (χ3v) is 13.4. The lowest BCUT2D eigenvalue weighted by molar-refractivity contribution is -0.144. The Morgan fingerprint density at radius 3 is 2.29 bits per heavy atom. The number of hydrogen-bond acceptors (Lipinski definition) is 6. The molecule has 2 aliphatic carbocycles. The standard InChI is InChI=1S/C37H34BrCl2N3O5/c38-20-42-34(47)36(39)18-27-25(31(37(36,40)35(42)48)30-24-9-5-4-8-22(24)10-13-28(30)44)11-12-26-29(27)33(46)43(32(26)45)23-14-16-41(17-15-23)19-21-6-2-1-3-7-21/h1-11,13,23,26-27,29,31,44H,12,14-20H2/t26-,27+,29-,31+,36+,37-/m0/s1. The number of carbonyl (C=O) groups excluding carboxylic acids is 4. The molecule has 1 saturated carbocycles.